The Balaban J connectivity index is 1.76. The zero-order chi connectivity index (χ0) is 25.9. The van der Waals surface area contributed by atoms with Crippen molar-refractivity contribution in [3.05, 3.63) is 47.7 Å². The molecule has 2 aromatic heterocycles. The molecule has 1 aliphatic rings. The first kappa shape index (κ1) is 25.6. The molecule has 1 aliphatic heterocycles. The molecule has 10 heteroatoms. The van der Waals surface area contributed by atoms with Crippen LogP contribution in [0.2, 0.25) is 0 Å². The van der Waals surface area contributed by atoms with E-state index in [1.165, 1.54) is 24.9 Å². The van der Waals surface area contributed by atoms with E-state index in [1.54, 1.807) is 24.4 Å². The fourth-order valence-corrected chi connectivity index (χ4v) is 5.09. The molecule has 4 aromatic rings. The second-order valence-electron chi connectivity index (χ2n) is 8.67. The highest BCUT2D eigenvalue weighted by atomic mass is 32.2. The molecule has 2 aromatic carbocycles. The zero-order valence-corrected chi connectivity index (χ0v) is 21.8. The summed E-state index contributed by atoms with van der Waals surface area (Å²) >= 11 is 1.35. The molecule has 0 radical (unpaired) electrons. The number of thioether (sulfide) groups is 1. The van der Waals surface area contributed by atoms with E-state index in [1.807, 2.05) is 13.2 Å². The van der Waals surface area contributed by atoms with Crippen LogP contribution in [-0.4, -0.2) is 61.4 Å². The summed E-state index contributed by atoms with van der Waals surface area (Å²) in [6.07, 6.45) is 4.75. The van der Waals surface area contributed by atoms with Gasteiger partial charge in [-0.25, -0.2) is 18.7 Å². The second kappa shape index (κ2) is 11.1. The molecule has 0 unspecified atom stereocenters. The average Bonchev–Trinajstić information content (AvgIpc) is 3.21. The Labute approximate surface area is 218 Å². The number of aryl methyl sites for hydroxylation is 1. The maximum Gasteiger partial charge on any atom is 0.189 e. The Kier molecular flexibility index (Phi) is 7.68. The summed E-state index contributed by atoms with van der Waals surface area (Å²) in [6, 6.07) is 6.56. The molecule has 0 bridgehead atoms. The number of hydrogen-bond donors (Lipinski definition) is 0. The van der Waals surface area contributed by atoms with Crippen molar-refractivity contribution in [3.63, 3.8) is 0 Å². The largest absolute Gasteiger partial charge is 0.468 e. The Morgan fingerprint density at radius 3 is 2.78 bits per heavy atom. The maximum atomic E-state index is 16.4. The Morgan fingerprint density at radius 1 is 1.14 bits per heavy atom. The van der Waals surface area contributed by atoms with Gasteiger partial charge in [-0.2, -0.15) is 0 Å². The molecule has 0 amide bonds. The summed E-state index contributed by atoms with van der Waals surface area (Å²) in [5, 5.41) is 2.31. The van der Waals surface area contributed by atoms with Crippen LogP contribution in [0.1, 0.15) is 18.9 Å². The first-order valence-corrected chi connectivity index (χ1v) is 13.4. The number of halogens is 2. The minimum Gasteiger partial charge on any atom is -0.468 e. The summed E-state index contributed by atoms with van der Waals surface area (Å²) in [5.74, 6) is 0.178. The van der Waals surface area contributed by atoms with E-state index in [-0.39, 0.29) is 23.8 Å². The summed E-state index contributed by atoms with van der Waals surface area (Å²) in [6.45, 7) is 4.53. The van der Waals surface area contributed by atoms with E-state index in [4.69, 9.17) is 19.2 Å². The molecule has 1 fully saturated rings. The van der Waals surface area contributed by atoms with E-state index >= 15 is 4.39 Å². The number of rotatable bonds is 7. The lowest BCUT2D eigenvalue weighted by Gasteiger charge is -2.23. The van der Waals surface area contributed by atoms with Crippen molar-refractivity contribution in [2.24, 2.45) is 0 Å². The molecule has 0 spiro atoms. The van der Waals surface area contributed by atoms with Crippen LogP contribution in [0.3, 0.4) is 0 Å². The summed E-state index contributed by atoms with van der Waals surface area (Å²) in [7, 11) is 1.52. The van der Waals surface area contributed by atoms with E-state index in [0.29, 0.717) is 64.8 Å². The van der Waals surface area contributed by atoms with Crippen LogP contribution in [0, 0.1) is 11.6 Å². The Bertz CT molecular complexity index is 1450. The number of pyridine rings is 1. The third-order valence-corrected chi connectivity index (χ3v) is 6.99. The molecular weight excluding hydrogens is 498 g/mol. The monoisotopic (exact) mass is 526 g/mol. The van der Waals surface area contributed by atoms with Gasteiger partial charge in [-0.15, -0.1) is 0 Å². The number of aromatic nitrogens is 3. The lowest BCUT2D eigenvalue weighted by molar-refractivity contribution is 0.0512. The summed E-state index contributed by atoms with van der Waals surface area (Å²) in [5.41, 5.74) is 1.19. The van der Waals surface area contributed by atoms with Gasteiger partial charge in [0.1, 0.15) is 28.6 Å². The van der Waals surface area contributed by atoms with Crippen LogP contribution in [0.5, 0.6) is 5.75 Å². The van der Waals surface area contributed by atoms with Gasteiger partial charge in [0.25, 0.3) is 0 Å². The van der Waals surface area contributed by atoms with Gasteiger partial charge in [0.15, 0.2) is 17.8 Å². The van der Waals surface area contributed by atoms with Gasteiger partial charge < -0.3 is 19.1 Å². The average molecular weight is 527 g/mol. The van der Waals surface area contributed by atoms with Crippen LogP contribution >= 0.6 is 11.8 Å². The lowest BCUT2D eigenvalue weighted by Crippen LogP contribution is -2.27. The third kappa shape index (κ3) is 4.93. The molecule has 5 rings (SSSR count). The third-order valence-electron chi connectivity index (χ3n) is 6.44. The molecule has 194 valence electrons. The van der Waals surface area contributed by atoms with Crippen molar-refractivity contribution < 1.29 is 23.0 Å². The van der Waals surface area contributed by atoms with Crippen LogP contribution in [0.4, 0.5) is 14.6 Å². The number of methoxy groups -OCH3 is 1. The molecule has 0 aliphatic carbocycles. The van der Waals surface area contributed by atoms with E-state index in [9.17, 15) is 4.39 Å². The molecule has 0 N–H and O–H groups in total. The van der Waals surface area contributed by atoms with Crippen LogP contribution in [-0.2, 0) is 15.9 Å². The highest BCUT2D eigenvalue weighted by Gasteiger charge is 2.23. The van der Waals surface area contributed by atoms with Crippen LogP contribution < -0.4 is 9.64 Å². The van der Waals surface area contributed by atoms with Gasteiger partial charge in [0.2, 0.25) is 0 Å². The molecule has 1 saturated heterocycles. The van der Waals surface area contributed by atoms with Gasteiger partial charge >= 0.3 is 0 Å². The van der Waals surface area contributed by atoms with E-state index in [2.05, 4.69) is 14.9 Å². The quantitative estimate of drug-likeness (QED) is 0.175. The van der Waals surface area contributed by atoms with Crippen molar-refractivity contribution >= 4 is 39.3 Å². The predicted molar refractivity (Wildman–Crippen MR) is 142 cm³/mol. The lowest BCUT2D eigenvalue weighted by atomic mass is 9.94. The highest BCUT2D eigenvalue weighted by Crippen LogP contribution is 2.39. The molecule has 7 nitrogen and oxygen atoms in total. The van der Waals surface area contributed by atoms with Gasteiger partial charge in [0, 0.05) is 38.6 Å². The predicted octanol–water partition coefficient (Wildman–Crippen LogP) is 5.62. The van der Waals surface area contributed by atoms with Crippen molar-refractivity contribution in [3.8, 4) is 17.0 Å². The first-order valence-electron chi connectivity index (χ1n) is 12.2. The smallest absolute Gasteiger partial charge is 0.189 e. The molecular formula is C27H28F2N4O3S. The van der Waals surface area contributed by atoms with Gasteiger partial charge in [-0.1, -0.05) is 24.8 Å². The number of nitrogens with zero attached hydrogens (tertiary/aromatic N) is 4. The maximum absolute atomic E-state index is 16.4. The molecule has 3 heterocycles. The fraction of sp³-hybridized carbons (Fsp3) is 0.370. The number of fused-ring (bicyclic) bond motifs is 2. The van der Waals surface area contributed by atoms with E-state index in [0.717, 1.165) is 18.4 Å². The van der Waals surface area contributed by atoms with Gasteiger partial charge in [-0.3, -0.25) is 4.98 Å². The first-order chi connectivity index (χ1) is 18.0. The topological polar surface area (TPSA) is 69.6 Å². The highest BCUT2D eigenvalue weighted by molar-refractivity contribution is 7.98. The van der Waals surface area contributed by atoms with Crippen molar-refractivity contribution in [1.29, 1.82) is 0 Å². The number of ether oxygens (including phenoxy) is 3. The standard InChI is InChI=1S/C27H28F2N4O3S/c1-4-18-21(28)7-6-16-12-17(36-15-34-2)13-19(22(16)18)24-23(29)25-20(14-30-24)26(32-27(31-25)37-3)33-8-5-10-35-11-9-33/h6-7,12-14H,4-5,8-11,15H2,1-3H3. The second-order valence-corrected chi connectivity index (χ2v) is 9.44. The SMILES string of the molecule is CCc1c(F)ccc2cc(OCOC)cc(-c3ncc4c(N5CCCOCC5)nc(SC)nc4c3F)c12. The summed E-state index contributed by atoms with van der Waals surface area (Å²) < 4.78 is 47.6. The fourth-order valence-electron chi connectivity index (χ4n) is 4.73. The summed E-state index contributed by atoms with van der Waals surface area (Å²) in [4.78, 5) is 15.9. The number of hydrogen-bond acceptors (Lipinski definition) is 8. The van der Waals surface area contributed by atoms with Crippen LogP contribution in [0.25, 0.3) is 32.9 Å². The van der Waals surface area contributed by atoms with E-state index < -0.39 is 5.82 Å². The Hall–Kier alpha value is -3.08. The minimum absolute atomic E-state index is 0.0215. The van der Waals surface area contributed by atoms with Gasteiger partial charge in [-0.05, 0) is 53.6 Å². The normalized spacial score (nSPS) is 14.4. The van der Waals surface area contributed by atoms with Crippen molar-refractivity contribution in [2.45, 2.75) is 24.9 Å². The van der Waals surface area contributed by atoms with Gasteiger partial charge in [0.05, 0.1) is 12.0 Å². The molecule has 0 saturated carbocycles. The van der Waals surface area contributed by atoms with Crippen molar-refractivity contribution in [2.75, 3.05) is 51.4 Å². The molecule has 0 atom stereocenters. The minimum atomic E-state index is -0.584. The number of anilines is 1. The molecule has 37 heavy (non-hydrogen) atoms. The Morgan fingerprint density at radius 2 is 2.00 bits per heavy atom. The van der Waals surface area contributed by atoms with Crippen molar-refractivity contribution in [1.82, 2.24) is 15.0 Å². The zero-order valence-electron chi connectivity index (χ0n) is 21.0. The van der Waals surface area contributed by atoms with Crippen LogP contribution in [0.15, 0.2) is 35.6 Å². The number of benzene rings is 2.